The molecule has 1 unspecified atom stereocenters. The average Bonchev–Trinajstić information content (AvgIpc) is 2.80. The van der Waals surface area contributed by atoms with Gasteiger partial charge in [0.1, 0.15) is 5.75 Å². The van der Waals surface area contributed by atoms with Gasteiger partial charge < -0.3 is 10.8 Å². The minimum atomic E-state index is 0.297. The minimum absolute atomic E-state index is 0.297. The summed E-state index contributed by atoms with van der Waals surface area (Å²) in [5.41, 5.74) is 7.85. The number of aromatic nitrogens is 1. The Labute approximate surface area is 105 Å². The monoisotopic (exact) mass is 248 g/mol. The number of hydrogen-bond acceptors (Lipinski definition) is 4. The standard InChI is InChI=1S/C13H16N2OS/c1-9(7-14)12-8-17-13(15-12)6-10-2-4-11(16)5-3-10/h2-5,8-9,16H,6-7,14H2,1H3. The number of benzene rings is 1. The van der Waals surface area contributed by atoms with E-state index in [9.17, 15) is 5.11 Å². The van der Waals surface area contributed by atoms with E-state index < -0.39 is 0 Å². The fourth-order valence-corrected chi connectivity index (χ4v) is 2.49. The molecule has 0 radical (unpaired) electrons. The Morgan fingerprint density at radius 3 is 2.71 bits per heavy atom. The molecule has 0 aliphatic rings. The van der Waals surface area contributed by atoms with Crippen molar-refractivity contribution in [1.29, 1.82) is 0 Å². The average molecular weight is 248 g/mol. The topological polar surface area (TPSA) is 59.1 Å². The Hall–Kier alpha value is -1.39. The van der Waals surface area contributed by atoms with Gasteiger partial charge in [0.15, 0.2) is 0 Å². The van der Waals surface area contributed by atoms with Gasteiger partial charge in [-0.05, 0) is 17.7 Å². The van der Waals surface area contributed by atoms with Gasteiger partial charge in [0.2, 0.25) is 0 Å². The molecule has 0 aliphatic heterocycles. The zero-order valence-corrected chi connectivity index (χ0v) is 10.6. The normalized spacial score (nSPS) is 12.6. The number of hydrogen-bond donors (Lipinski definition) is 2. The zero-order chi connectivity index (χ0) is 12.3. The Bertz CT molecular complexity index is 478. The molecule has 3 nitrogen and oxygen atoms in total. The van der Waals surface area contributed by atoms with Crippen molar-refractivity contribution in [1.82, 2.24) is 4.98 Å². The SMILES string of the molecule is CC(CN)c1csc(Cc2ccc(O)cc2)n1. The largest absolute Gasteiger partial charge is 0.508 e. The molecule has 1 aromatic carbocycles. The van der Waals surface area contributed by atoms with E-state index in [4.69, 9.17) is 5.73 Å². The van der Waals surface area contributed by atoms with Gasteiger partial charge in [-0.15, -0.1) is 11.3 Å². The molecule has 0 saturated heterocycles. The molecule has 1 atom stereocenters. The van der Waals surface area contributed by atoms with Crippen molar-refractivity contribution in [3.63, 3.8) is 0 Å². The third-order valence-corrected chi connectivity index (χ3v) is 3.59. The Kier molecular flexibility index (Phi) is 3.76. The molecule has 0 saturated carbocycles. The minimum Gasteiger partial charge on any atom is -0.508 e. The van der Waals surface area contributed by atoms with Gasteiger partial charge >= 0.3 is 0 Å². The lowest BCUT2D eigenvalue weighted by molar-refractivity contribution is 0.475. The molecular formula is C13H16N2OS. The highest BCUT2D eigenvalue weighted by atomic mass is 32.1. The van der Waals surface area contributed by atoms with E-state index in [0.717, 1.165) is 22.7 Å². The maximum absolute atomic E-state index is 9.20. The summed E-state index contributed by atoms with van der Waals surface area (Å²) in [5, 5.41) is 12.4. The van der Waals surface area contributed by atoms with E-state index in [1.807, 2.05) is 12.1 Å². The molecule has 90 valence electrons. The first kappa shape index (κ1) is 12.1. The van der Waals surface area contributed by atoms with Gasteiger partial charge in [0.05, 0.1) is 10.7 Å². The van der Waals surface area contributed by atoms with Crippen LogP contribution in [0.5, 0.6) is 5.75 Å². The molecule has 0 amide bonds. The van der Waals surface area contributed by atoms with Crippen LogP contribution in [0.1, 0.15) is 29.1 Å². The summed E-state index contributed by atoms with van der Waals surface area (Å²) in [4.78, 5) is 4.57. The fraction of sp³-hybridized carbons (Fsp3) is 0.308. The van der Waals surface area contributed by atoms with Crippen LogP contribution >= 0.6 is 11.3 Å². The van der Waals surface area contributed by atoms with E-state index in [1.54, 1.807) is 23.5 Å². The second kappa shape index (κ2) is 5.29. The number of aromatic hydroxyl groups is 1. The summed E-state index contributed by atoms with van der Waals surface area (Å²) >= 11 is 1.66. The fourth-order valence-electron chi connectivity index (χ4n) is 1.54. The molecule has 2 aromatic rings. The number of rotatable bonds is 4. The van der Waals surface area contributed by atoms with E-state index in [-0.39, 0.29) is 0 Å². The van der Waals surface area contributed by atoms with Crippen LogP contribution in [0.15, 0.2) is 29.6 Å². The van der Waals surface area contributed by atoms with Gasteiger partial charge in [-0.1, -0.05) is 19.1 Å². The predicted molar refractivity (Wildman–Crippen MR) is 70.5 cm³/mol. The van der Waals surface area contributed by atoms with Crippen molar-refractivity contribution in [3.8, 4) is 5.75 Å². The van der Waals surface area contributed by atoms with Gasteiger partial charge in [-0.3, -0.25) is 0 Å². The van der Waals surface area contributed by atoms with Crippen LogP contribution in [0.25, 0.3) is 0 Å². The molecule has 0 fully saturated rings. The molecule has 4 heteroatoms. The molecule has 17 heavy (non-hydrogen) atoms. The third kappa shape index (κ3) is 3.05. The van der Waals surface area contributed by atoms with Crippen LogP contribution < -0.4 is 5.73 Å². The highest BCUT2D eigenvalue weighted by Crippen LogP contribution is 2.20. The highest BCUT2D eigenvalue weighted by Gasteiger charge is 2.08. The quantitative estimate of drug-likeness (QED) is 0.874. The zero-order valence-electron chi connectivity index (χ0n) is 9.76. The first-order valence-electron chi connectivity index (χ1n) is 5.61. The highest BCUT2D eigenvalue weighted by molar-refractivity contribution is 7.09. The van der Waals surface area contributed by atoms with E-state index >= 15 is 0 Å². The Balaban J connectivity index is 2.08. The van der Waals surface area contributed by atoms with Gasteiger partial charge in [0.25, 0.3) is 0 Å². The summed E-state index contributed by atoms with van der Waals surface area (Å²) in [6, 6.07) is 7.24. The lowest BCUT2D eigenvalue weighted by Gasteiger charge is -2.02. The summed E-state index contributed by atoms with van der Waals surface area (Å²) in [6.07, 6.45) is 0.808. The maximum atomic E-state index is 9.20. The molecule has 0 bridgehead atoms. The molecule has 1 aromatic heterocycles. The van der Waals surface area contributed by atoms with Crippen molar-refractivity contribution >= 4 is 11.3 Å². The lowest BCUT2D eigenvalue weighted by Crippen LogP contribution is -2.09. The van der Waals surface area contributed by atoms with Crippen LogP contribution in [0, 0.1) is 0 Å². The number of nitrogens with two attached hydrogens (primary N) is 1. The smallest absolute Gasteiger partial charge is 0.115 e. The van der Waals surface area contributed by atoms with Crippen LogP contribution in [0.3, 0.4) is 0 Å². The van der Waals surface area contributed by atoms with Gasteiger partial charge in [-0.2, -0.15) is 0 Å². The van der Waals surface area contributed by atoms with Crippen LogP contribution in [-0.2, 0) is 6.42 Å². The van der Waals surface area contributed by atoms with Gasteiger partial charge in [0, 0.05) is 24.3 Å². The molecule has 0 spiro atoms. The molecule has 1 heterocycles. The van der Waals surface area contributed by atoms with Crippen molar-refractivity contribution in [2.45, 2.75) is 19.3 Å². The first-order chi connectivity index (χ1) is 8.19. The molecular weight excluding hydrogens is 232 g/mol. The summed E-state index contributed by atoms with van der Waals surface area (Å²) in [6.45, 7) is 2.71. The number of phenolic OH excluding ortho intramolecular Hbond substituents is 1. The first-order valence-corrected chi connectivity index (χ1v) is 6.49. The van der Waals surface area contributed by atoms with Crippen LogP contribution in [0.2, 0.25) is 0 Å². The van der Waals surface area contributed by atoms with E-state index in [1.165, 1.54) is 0 Å². The lowest BCUT2D eigenvalue weighted by atomic mass is 10.1. The predicted octanol–water partition coefficient (Wildman–Crippen LogP) is 2.50. The second-order valence-electron chi connectivity index (χ2n) is 4.15. The van der Waals surface area contributed by atoms with Crippen LogP contribution in [-0.4, -0.2) is 16.6 Å². The van der Waals surface area contributed by atoms with Crippen molar-refractivity contribution < 1.29 is 5.11 Å². The summed E-state index contributed by atoms with van der Waals surface area (Å²) in [5.74, 6) is 0.616. The van der Waals surface area contributed by atoms with E-state index in [2.05, 4.69) is 17.3 Å². The molecule has 0 aliphatic carbocycles. The molecule has 3 N–H and O–H groups in total. The van der Waals surface area contributed by atoms with Crippen molar-refractivity contribution in [3.05, 3.63) is 45.9 Å². The third-order valence-electron chi connectivity index (χ3n) is 2.72. The van der Waals surface area contributed by atoms with Crippen LogP contribution in [0.4, 0.5) is 0 Å². The number of nitrogens with zero attached hydrogens (tertiary/aromatic N) is 1. The number of thiazole rings is 1. The molecule has 2 rings (SSSR count). The Morgan fingerprint density at radius 1 is 1.35 bits per heavy atom. The second-order valence-corrected chi connectivity index (χ2v) is 5.09. The van der Waals surface area contributed by atoms with E-state index in [0.29, 0.717) is 18.2 Å². The van der Waals surface area contributed by atoms with Crippen molar-refractivity contribution in [2.24, 2.45) is 5.73 Å². The summed E-state index contributed by atoms with van der Waals surface area (Å²) < 4.78 is 0. The number of phenols is 1. The maximum Gasteiger partial charge on any atom is 0.115 e. The van der Waals surface area contributed by atoms with Crippen molar-refractivity contribution in [2.75, 3.05) is 6.54 Å². The Morgan fingerprint density at radius 2 is 2.06 bits per heavy atom. The summed E-state index contributed by atoms with van der Waals surface area (Å²) in [7, 11) is 0. The van der Waals surface area contributed by atoms with Gasteiger partial charge in [-0.25, -0.2) is 4.98 Å².